The lowest BCUT2D eigenvalue weighted by Crippen LogP contribution is -2.36. The predicted octanol–water partition coefficient (Wildman–Crippen LogP) is 1.56. The van der Waals surface area contributed by atoms with E-state index in [1.807, 2.05) is 44.2 Å². The molecule has 1 heterocycles. The van der Waals surface area contributed by atoms with Crippen molar-refractivity contribution in [3.05, 3.63) is 35.9 Å². The summed E-state index contributed by atoms with van der Waals surface area (Å²) in [7, 11) is 0. The van der Waals surface area contributed by atoms with Gasteiger partial charge in [0.2, 0.25) is 11.8 Å². The summed E-state index contributed by atoms with van der Waals surface area (Å²) in [5.41, 5.74) is 1.10. The van der Waals surface area contributed by atoms with Crippen molar-refractivity contribution in [3.8, 4) is 0 Å². The highest BCUT2D eigenvalue weighted by atomic mass is 16.2. The number of rotatable bonds is 4. The van der Waals surface area contributed by atoms with Gasteiger partial charge in [-0.15, -0.1) is 0 Å². The molecule has 1 aliphatic heterocycles. The van der Waals surface area contributed by atoms with Crippen molar-refractivity contribution in [2.24, 2.45) is 5.92 Å². The molecule has 102 valence electrons. The normalized spacial score (nSPS) is 19.0. The molecule has 2 rings (SSSR count). The summed E-state index contributed by atoms with van der Waals surface area (Å²) in [6, 6.07) is 9.97. The highest BCUT2D eigenvalue weighted by molar-refractivity contribution is 5.89. The maximum Gasteiger partial charge on any atom is 0.225 e. The maximum atomic E-state index is 11.9. The van der Waals surface area contributed by atoms with E-state index in [9.17, 15) is 9.59 Å². The second-order valence-electron chi connectivity index (χ2n) is 5.32. The Bertz CT molecular complexity index is 456. The minimum absolute atomic E-state index is 0.0149. The Balaban J connectivity index is 1.94. The number of benzene rings is 1. The van der Waals surface area contributed by atoms with Gasteiger partial charge in [-0.2, -0.15) is 0 Å². The van der Waals surface area contributed by atoms with E-state index < -0.39 is 0 Å². The van der Waals surface area contributed by atoms with Crippen LogP contribution >= 0.6 is 0 Å². The van der Waals surface area contributed by atoms with Crippen molar-refractivity contribution >= 4 is 11.8 Å². The second kappa shape index (κ2) is 5.87. The molecule has 1 aliphatic rings. The average molecular weight is 260 g/mol. The lowest BCUT2D eigenvalue weighted by molar-refractivity contribution is -0.129. The fourth-order valence-corrected chi connectivity index (χ4v) is 2.31. The Morgan fingerprint density at radius 3 is 2.68 bits per heavy atom. The average Bonchev–Trinajstić information content (AvgIpc) is 2.72. The SMILES string of the molecule is CC(C)NC(=O)[C@@H]1CC(=O)N(Cc2ccccc2)C1. The van der Waals surface area contributed by atoms with Crippen LogP contribution in [0.15, 0.2) is 30.3 Å². The highest BCUT2D eigenvalue weighted by Gasteiger charge is 2.34. The summed E-state index contributed by atoms with van der Waals surface area (Å²) in [6.45, 7) is 4.96. The van der Waals surface area contributed by atoms with E-state index in [4.69, 9.17) is 0 Å². The third-order valence-corrected chi connectivity index (χ3v) is 3.23. The van der Waals surface area contributed by atoms with Crippen molar-refractivity contribution in [1.29, 1.82) is 0 Å². The summed E-state index contributed by atoms with van der Waals surface area (Å²) < 4.78 is 0. The van der Waals surface area contributed by atoms with Crippen LogP contribution in [0.25, 0.3) is 0 Å². The number of amides is 2. The first kappa shape index (κ1) is 13.6. The third kappa shape index (κ3) is 3.56. The second-order valence-corrected chi connectivity index (χ2v) is 5.32. The number of hydrogen-bond acceptors (Lipinski definition) is 2. The largest absolute Gasteiger partial charge is 0.354 e. The van der Waals surface area contributed by atoms with Crippen molar-refractivity contribution in [3.63, 3.8) is 0 Å². The minimum atomic E-state index is -0.210. The molecule has 1 N–H and O–H groups in total. The van der Waals surface area contributed by atoms with E-state index >= 15 is 0 Å². The molecule has 1 saturated heterocycles. The maximum absolute atomic E-state index is 11.9. The number of hydrogen-bond donors (Lipinski definition) is 1. The van der Waals surface area contributed by atoms with E-state index in [2.05, 4.69) is 5.32 Å². The number of carbonyl (C=O) groups is 2. The van der Waals surface area contributed by atoms with Gasteiger partial charge in [-0.3, -0.25) is 9.59 Å². The van der Waals surface area contributed by atoms with Gasteiger partial charge in [0.05, 0.1) is 5.92 Å². The van der Waals surface area contributed by atoms with Crippen LogP contribution in [0.5, 0.6) is 0 Å². The molecule has 0 bridgehead atoms. The number of likely N-dealkylation sites (tertiary alicyclic amines) is 1. The summed E-state index contributed by atoms with van der Waals surface area (Å²) >= 11 is 0. The molecule has 0 unspecified atom stereocenters. The number of carbonyl (C=O) groups excluding carboxylic acids is 2. The summed E-state index contributed by atoms with van der Waals surface area (Å²) in [6.07, 6.45) is 0.325. The van der Waals surface area contributed by atoms with E-state index in [0.29, 0.717) is 19.5 Å². The summed E-state index contributed by atoms with van der Waals surface area (Å²) in [4.78, 5) is 25.6. The standard InChI is InChI=1S/C15H20N2O2/c1-11(2)16-15(19)13-8-14(18)17(10-13)9-12-6-4-3-5-7-12/h3-7,11,13H,8-10H2,1-2H3,(H,16,19)/t13-/m1/s1. The minimum Gasteiger partial charge on any atom is -0.354 e. The first-order chi connectivity index (χ1) is 9.06. The Morgan fingerprint density at radius 1 is 1.37 bits per heavy atom. The topological polar surface area (TPSA) is 49.4 Å². The molecule has 0 aliphatic carbocycles. The van der Waals surface area contributed by atoms with Gasteiger partial charge in [-0.1, -0.05) is 30.3 Å². The van der Waals surface area contributed by atoms with E-state index in [-0.39, 0.29) is 23.8 Å². The molecule has 1 atom stereocenters. The molecule has 0 radical (unpaired) electrons. The zero-order valence-corrected chi connectivity index (χ0v) is 11.4. The molecule has 1 aromatic carbocycles. The molecular weight excluding hydrogens is 240 g/mol. The lowest BCUT2D eigenvalue weighted by atomic mass is 10.1. The fraction of sp³-hybridized carbons (Fsp3) is 0.467. The van der Waals surface area contributed by atoms with Gasteiger partial charge in [0.25, 0.3) is 0 Å². The highest BCUT2D eigenvalue weighted by Crippen LogP contribution is 2.20. The lowest BCUT2D eigenvalue weighted by Gasteiger charge is -2.17. The van der Waals surface area contributed by atoms with E-state index in [1.165, 1.54) is 0 Å². The van der Waals surface area contributed by atoms with Crippen LogP contribution < -0.4 is 5.32 Å². The first-order valence-corrected chi connectivity index (χ1v) is 6.68. The van der Waals surface area contributed by atoms with Crippen LogP contribution in [0, 0.1) is 5.92 Å². The van der Waals surface area contributed by atoms with Gasteiger partial charge in [0, 0.05) is 25.6 Å². The van der Waals surface area contributed by atoms with E-state index in [1.54, 1.807) is 4.90 Å². The van der Waals surface area contributed by atoms with Gasteiger partial charge in [-0.25, -0.2) is 0 Å². The van der Waals surface area contributed by atoms with Crippen LogP contribution in [-0.4, -0.2) is 29.3 Å². The third-order valence-electron chi connectivity index (χ3n) is 3.23. The molecule has 0 aromatic heterocycles. The molecule has 19 heavy (non-hydrogen) atoms. The van der Waals surface area contributed by atoms with Gasteiger partial charge < -0.3 is 10.2 Å². The summed E-state index contributed by atoms with van der Waals surface area (Å²) in [5.74, 6) is -0.162. The van der Waals surface area contributed by atoms with Crippen LogP contribution in [0.3, 0.4) is 0 Å². The Kier molecular flexibility index (Phi) is 4.20. The smallest absolute Gasteiger partial charge is 0.225 e. The number of nitrogens with zero attached hydrogens (tertiary/aromatic N) is 1. The molecule has 1 aromatic rings. The molecule has 4 nitrogen and oxygen atoms in total. The van der Waals surface area contributed by atoms with Gasteiger partial charge in [-0.05, 0) is 19.4 Å². The van der Waals surface area contributed by atoms with Crippen molar-refractivity contribution < 1.29 is 9.59 Å². The van der Waals surface area contributed by atoms with Crippen LogP contribution in [0.1, 0.15) is 25.8 Å². The fourth-order valence-electron chi connectivity index (χ4n) is 2.31. The van der Waals surface area contributed by atoms with Crippen molar-refractivity contribution in [2.45, 2.75) is 32.9 Å². The Hall–Kier alpha value is -1.84. The molecule has 4 heteroatoms. The van der Waals surface area contributed by atoms with Crippen molar-refractivity contribution in [2.75, 3.05) is 6.54 Å². The molecule has 0 spiro atoms. The zero-order chi connectivity index (χ0) is 13.8. The van der Waals surface area contributed by atoms with Crippen LogP contribution in [0.4, 0.5) is 0 Å². The molecule has 0 saturated carbocycles. The molecule has 2 amide bonds. The van der Waals surface area contributed by atoms with Crippen LogP contribution in [0.2, 0.25) is 0 Å². The van der Waals surface area contributed by atoms with Crippen molar-refractivity contribution in [1.82, 2.24) is 10.2 Å². The van der Waals surface area contributed by atoms with Gasteiger partial charge in [0.15, 0.2) is 0 Å². The summed E-state index contributed by atoms with van der Waals surface area (Å²) in [5, 5.41) is 2.87. The molecule has 1 fully saturated rings. The zero-order valence-electron chi connectivity index (χ0n) is 11.4. The van der Waals surface area contributed by atoms with Crippen LogP contribution in [-0.2, 0) is 16.1 Å². The monoisotopic (exact) mass is 260 g/mol. The first-order valence-electron chi connectivity index (χ1n) is 6.68. The Labute approximate surface area is 113 Å². The van der Waals surface area contributed by atoms with Gasteiger partial charge in [0.1, 0.15) is 0 Å². The molecular formula is C15H20N2O2. The quantitative estimate of drug-likeness (QED) is 0.893. The van der Waals surface area contributed by atoms with Gasteiger partial charge >= 0.3 is 0 Å². The Morgan fingerprint density at radius 2 is 2.05 bits per heavy atom. The number of nitrogens with one attached hydrogen (secondary N) is 1. The predicted molar refractivity (Wildman–Crippen MR) is 73.2 cm³/mol. The van der Waals surface area contributed by atoms with E-state index in [0.717, 1.165) is 5.56 Å².